The van der Waals surface area contributed by atoms with E-state index in [9.17, 15) is 14.7 Å². The monoisotopic (exact) mass is 337 g/mol. The molecule has 0 bridgehead atoms. The van der Waals surface area contributed by atoms with E-state index in [0.717, 1.165) is 15.4 Å². The number of para-hydroxylation sites is 1. The number of fused-ring (bicyclic) bond motifs is 1. The zero-order valence-electron chi connectivity index (χ0n) is 11.6. The molecule has 0 saturated heterocycles. The van der Waals surface area contributed by atoms with Gasteiger partial charge in [0.05, 0.1) is 10.9 Å². The molecule has 0 atom stereocenters. The minimum atomic E-state index is -0.966. The Labute approximate surface area is 125 Å². The molecule has 0 radical (unpaired) electrons. The molecule has 0 saturated carbocycles. The number of carbonyl (C=O) groups is 1. The van der Waals surface area contributed by atoms with Crippen molar-refractivity contribution in [2.75, 3.05) is 0 Å². The summed E-state index contributed by atoms with van der Waals surface area (Å²) in [4.78, 5) is 23.6. The molecule has 0 spiro atoms. The number of carboxylic acids is 1. The van der Waals surface area contributed by atoms with Crippen LogP contribution in [-0.4, -0.2) is 15.6 Å². The van der Waals surface area contributed by atoms with E-state index in [0.29, 0.717) is 5.56 Å². The molecule has 0 amide bonds. The number of aromatic nitrogens is 1. The van der Waals surface area contributed by atoms with Gasteiger partial charge in [-0.05, 0) is 53.7 Å². The van der Waals surface area contributed by atoms with E-state index >= 15 is 0 Å². The highest BCUT2D eigenvalue weighted by Gasteiger charge is 2.29. The van der Waals surface area contributed by atoms with Gasteiger partial charge in [0.1, 0.15) is 0 Å². The zero-order chi connectivity index (χ0) is 15.1. The number of rotatable bonds is 3. The van der Waals surface area contributed by atoms with Crippen LogP contribution in [0.5, 0.6) is 0 Å². The summed E-state index contributed by atoms with van der Waals surface area (Å²) >= 11 is 3.44. The van der Waals surface area contributed by atoms with Crippen LogP contribution in [0.25, 0.3) is 10.9 Å². The molecule has 1 aromatic heterocycles. The molecule has 20 heavy (non-hydrogen) atoms. The average Bonchev–Trinajstić information content (AvgIpc) is 2.35. The third kappa shape index (κ3) is 2.50. The summed E-state index contributed by atoms with van der Waals surface area (Å²) in [5.74, 6) is -0.908. The van der Waals surface area contributed by atoms with Crippen molar-refractivity contribution in [2.45, 2.75) is 20.3 Å². The molecule has 2 aromatic rings. The lowest BCUT2D eigenvalue weighted by Gasteiger charge is -2.19. The lowest BCUT2D eigenvalue weighted by molar-refractivity contribution is -0.146. The number of halogens is 1. The second-order valence-electron chi connectivity index (χ2n) is 5.58. The van der Waals surface area contributed by atoms with Crippen LogP contribution >= 0.6 is 15.9 Å². The average molecular weight is 338 g/mol. The van der Waals surface area contributed by atoms with Crippen LogP contribution in [0.1, 0.15) is 19.4 Å². The Bertz CT molecular complexity index is 747. The van der Waals surface area contributed by atoms with Crippen molar-refractivity contribution in [3.05, 3.63) is 44.7 Å². The topological polar surface area (TPSA) is 59.3 Å². The van der Waals surface area contributed by atoms with Gasteiger partial charge >= 0.3 is 5.97 Å². The highest BCUT2D eigenvalue weighted by molar-refractivity contribution is 9.10. The minimum Gasteiger partial charge on any atom is -0.481 e. The number of nitrogens with zero attached hydrogens (tertiary/aromatic N) is 1. The maximum atomic E-state index is 12.4. The number of aliphatic carboxylic acids is 1. The standard InChI is InChI=1S/C15H16BrNO3/c1-15(2,14(19)20)8-10-7-9-5-4-6-11(16)12(9)17(3)13(10)18/h4-7H,8H2,1-3H3,(H,19,20). The number of aryl methyl sites for hydroxylation is 1. The van der Waals surface area contributed by atoms with Crippen molar-refractivity contribution < 1.29 is 9.90 Å². The highest BCUT2D eigenvalue weighted by Crippen LogP contribution is 2.25. The number of hydrogen-bond donors (Lipinski definition) is 1. The molecular formula is C15H16BrNO3. The van der Waals surface area contributed by atoms with Crippen LogP contribution in [0.15, 0.2) is 33.5 Å². The third-order valence-electron chi connectivity index (χ3n) is 3.47. The molecule has 1 N–H and O–H groups in total. The summed E-state index contributed by atoms with van der Waals surface area (Å²) in [6.45, 7) is 3.25. The summed E-state index contributed by atoms with van der Waals surface area (Å²) < 4.78 is 2.41. The van der Waals surface area contributed by atoms with E-state index in [2.05, 4.69) is 15.9 Å². The maximum absolute atomic E-state index is 12.4. The van der Waals surface area contributed by atoms with Crippen LogP contribution in [0.4, 0.5) is 0 Å². The van der Waals surface area contributed by atoms with Crippen molar-refractivity contribution >= 4 is 32.8 Å². The SMILES string of the molecule is Cn1c(=O)c(CC(C)(C)C(=O)O)cc2cccc(Br)c21. The van der Waals surface area contributed by atoms with Crippen molar-refractivity contribution in [2.24, 2.45) is 12.5 Å². The Balaban J connectivity index is 2.66. The first-order valence-electron chi connectivity index (χ1n) is 6.24. The van der Waals surface area contributed by atoms with E-state index < -0.39 is 11.4 Å². The fourth-order valence-electron chi connectivity index (χ4n) is 2.25. The maximum Gasteiger partial charge on any atom is 0.309 e. The molecule has 0 unspecified atom stereocenters. The summed E-state index contributed by atoms with van der Waals surface area (Å²) in [5, 5.41) is 10.1. The van der Waals surface area contributed by atoms with Gasteiger partial charge < -0.3 is 9.67 Å². The van der Waals surface area contributed by atoms with Gasteiger partial charge in [0.25, 0.3) is 5.56 Å². The van der Waals surface area contributed by atoms with Gasteiger partial charge in [0.15, 0.2) is 0 Å². The Morgan fingerprint density at radius 3 is 2.65 bits per heavy atom. The van der Waals surface area contributed by atoms with E-state index in [-0.39, 0.29) is 12.0 Å². The fourth-order valence-corrected chi connectivity index (χ4v) is 2.89. The van der Waals surface area contributed by atoms with E-state index in [4.69, 9.17) is 0 Å². The van der Waals surface area contributed by atoms with Crippen LogP contribution in [0.2, 0.25) is 0 Å². The lowest BCUT2D eigenvalue weighted by Crippen LogP contribution is -2.31. The Kier molecular flexibility index (Phi) is 3.73. The first-order chi connectivity index (χ1) is 9.24. The first kappa shape index (κ1) is 14.8. The van der Waals surface area contributed by atoms with Gasteiger partial charge in [-0.3, -0.25) is 9.59 Å². The summed E-state index contributed by atoms with van der Waals surface area (Å²) in [5.41, 5.74) is 0.213. The number of carboxylic acid groups (broad SMARTS) is 1. The van der Waals surface area contributed by atoms with Gasteiger partial charge in [0, 0.05) is 17.1 Å². The van der Waals surface area contributed by atoms with Crippen LogP contribution in [-0.2, 0) is 18.3 Å². The van der Waals surface area contributed by atoms with Gasteiger partial charge in [-0.1, -0.05) is 12.1 Å². The molecular weight excluding hydrogens is 322 g/mol. The van der Waals surface area contributed by atoms with E-state index in [1.165, 1.54) is 0 Å². The Hall–Kier alpha value is -1.62. The molecule has 106 valence electrons. The van der Waals surface area contributed by atoms with E-state index in [1.807, 2.05) is 18.2 Å². The summed E-state index contributed by atoms with van der Waals surface area (Å²) in [6, 6.07) is 7.47. The van der Waals surface area contributed by atoms with Gasteiger partial charge in [0.2, 0.25) is 0 Å². The second kappa shape index (κ2) is 5.05. The van der Waals surface area contributed by atoms with Gasteiger partial charge in [-0.2, -0.15) is 0 Å². The third-order valence-corrected chi connectivity index (χ3v) is 4.11. The van der Waals surface area contributed by atoms with Crippen molar-refractivity contribution in [1.82, 2.24) is 4.57 Å². The van der Waals surface area contributed by atoms with Gasteiger partial charge in [-0.25, -0.2) is 0 Å². The number of benzene rings is 1. The Morgan fingerprint density at radius 2 is 2.05 bits per heavy atom. The van der Waals surface area contributed by atoms with Crippen LogP contribution < -0.4 is 5.56 Å². The van der Waals surface area contributed by atoms with Crippen molar-refractivity contribution in [1.29, 1.82) is 0 Å². The molecule has 0 aliphatic heterocycles. The summed E-state index contributed by atoms with van der Waals surface area (Å²) in [6.07, 6.45) is 0.206. The molecule has 5 heteroatoms. The molecule has 1 aromatic carbocycles. The predicted molar refractivity (Wildman–Crippen MR) is 82.0 cm³/mol. The molecule has 1 heterocycles. The molecule has 4 nitrogen and oxygen atoms in total. The second-order valence-corrected chi connectivity index (χ2v) is 6.43. The Morgan fingerprint density at radius 1 is 1.40 bits per heavy atom. The zero-order valence-corrected chi connectivity index (χ0v) is 13.2. The normalized spacial score (nSPS) is 11.8. The lowest BCUT2D eigenvalue weighted by atomic mass is 9.86. The first-order valence-corrected chi connectivity index (χ1v) is 7.04. The predicted octanol–water partition coefficient (Wildman–Crippen LogP) is 2.95. The minimum absolute atomic E-state index is 0.154. The van der Waals surface area contributed by atoms with E-state index in [1.54, 1.807) is 31.5 Å². The molecule has 0 aliphatic carbocycles. The molecule has 2 rings (SSSR count). The summed E-state index contributed by atoms with van der Waals surface area (Å²) in [7, 11) is 1.70. The molecule has 0 fully saturated rings. The van der Waals surface area contributed by atoms with Crippen LogP contribution in [0, 0.1) is 5.41 Å². The van der Waals surface area contributed by atoms with Crippen molar-refractivity contribution in [3.8, 4) is 0 Å². The smallest absolute Gasteiger partial charge is 0.309 e. The number of hydrogen-bond acceptors (Lipinski definition) is 2. The number of pyridine rings is 1. The largest absolute Gasteiger partial charge is 0.481 e. The van der Waals surface area contributed by atoms with Crippen molar-refractivity contribution in [3.63, 3.8) is 0 Å². The van der Waals surface area contributed by atoms with Gasteiger partial charge in [-0.15, -0.1) is 0 Å². The van der Waals surface area contributed by atoms with Crippen LogP contribution in [0.3, 0.4) is 0 Å². The quantitative estimate of drug-likeness (QED) is 0.936. The molecule has 0 aliphatic rings. The fraction of sp³-hybridized carbons (Fsp3) is 0.333. The highest BCUT2D eigenvalue weighted by atomic mass is 79.9.